The van der Waals surface area contributed by atoms with Crippen molar-refractivity contribution >= 4 is 23.5 Å². The van der Waals surface area contributed by atoms with E-state index in [1.165, 1.54) is 18.0 Å². The van der Waals surface area contributed by atoms with E-state index in [4.69, 9.17) is 5.73 Å². The van der Waals surface area contributed by atoms with Gasteiger partial charge in [0.05, 0.1) is 5.75 Å². The molecule has 0 saturated carbocycles. The summed E-state index contributed by atoms with van der Waals surface area (Å²) in [4.78, 5) is 21.5. The van der Waals surface area contributed by atoms with Crippen LogP contribution in [0.2, 0.25) is 0 Å². The molecule has 0 fully saturated rings. The van der Waals surface area contributed by atoms with Crippen molar-refractivity contribution in [2.75, 3.05) is 24.6 Å². The van der Waals surface area contributed by atoms with Crippen molar-refractivity contribution < 1.29 is 4.79 Å². The van der Waals surface area contributed by atoms with Crippen molar-refractivity contribution in [2.45, 2.75) is 18.9 Å². The summed E-state index contributed by atoms with van der Waals surface area (Å²) in [7, 11) is 0. The van der Waals surface area contributed by atoms with Gasteiger partial charge in [0, 0.05) is 25.5 Å². The summed E-state index contributed by atoms with van der Waals surface area (Å²) in [6, 6.07) is 0. The molecule has 6 heteroatoms. The van der Waals surface area contributed by atoms with Crippen LogP contribution in [0.4, 0.5) is 5.82 Å². The lowest BCUT2D eigenvalue weighted by atomic mass is 10.5. The molecule has 5 nitrogen and oxygen atoms in total. The highest BCUT2D eigenvalue weighted by molar-refractivity contribution is 8.00. The molecule has 1 rings (SSSR count). The number of carbonyl (C=O) groups is 1. The minimum absolute atomic E-state index is 0.0973. The van der Waals surface area contributed by atoms with Crippen molar-refractivity contribution in [2.24, 2.45) is 0 Å². The molecule has 88 valence electrons. The van der Waals surface area contributed by atoms with Gasteiger partial charge in [0.1, 0.15) is 5.03 Å². The van der Waals surface area contributed by atoms with E-state index in [0.717, 1.165) is 13.1 Å². The highest BCUT2D eigenvalue weighted by Crippen LogP contribution is 2.19. The quantitative estimate of drug-likeness (QED) is 0.778. The third-order valence-corrected chi connectivity index (χ3v) is 3.12. The Morgan fingerprint density at radius 2 is 2.00 bits per heavy atom. The molecule has 0 bridgehead atoms. The third kappa shape index (κ3) is 3.37. The number of hydrogen-bond donors (Lipinski definition) is 1. The first-order valence-corrected chi connectivity index (χ1v) is 6.14. The van der Waals surface area contributed by atoms with Gasteiger partial charge in [-0.05, 0) is 13.8 Å². The molecule has 0 aromatic carbocycles. The lowest BCUT2D eigenvalue weighted by Gasteiger charge is -2.17. The predicted molar refractivity (Wildman–Crippen MR) is 65.1 cm³/mol. The summed E-state index contributed by atoms with van der Waals surface area (Å²) in [6.45, 7) is 5.38. The SMILES string of the molecule is CCN(CC)C(=O)CSc1nccnc1N. The molecule has 0 aliphatic rings. The molecule has 1 aromatic rings. The first kappa shape index (κ1) is 12.8. The molecule has 0 saturated heterocycles. The number of nitrogens with two attached hydrogens (primary N) is 1. The number of aromatic nitrogens is 2. The van der Waals surface area contributed by atoms with Crippen LogP contribution in [0.5, 0.6) is 0 Å². The second kappa shape index (κ2) is 6.32. The molecular weight excluding hydrogens is 224 g/mol. The van der Waals surface area contributed by atoms with Crippen molar-refractivity contribution in [3.63, 3.8) is 0 Å². The Kier molecular flexibility index (Phi) is 5.04. The van der Waals surface area contributed by atoms with E-state index in [-0.39, 0.29) is 5.91 Å². The number of rotatable bonds is 5. The Bertz CT molecular complexity index is 354. The molecule has 1 heterocycles. The Balaban J connectivity index is 2.52. The van der Waals surface area contributed by atoms with Crippen molar-refractivity contribution in [3.05, 3.63) is 12.4 Å². The Morgan fingerprint density at radius 3 is 2.56 bits per heavy atom. The molecule has 16 heavy (non-hydrogen) atoms. The van der Waals surface area contributed by atoms with Crippen molar-refractivity contribution in [1.29, 1.82) is 0 Å². The Morgan fingerprint density at radius 1 is 1.38 bits per heavy atom. The van der Waals surface area contributed by atoms with Gasteiger partial charge >= 0.3 is 0 Å². The zero-order valence-electron chi connectivity index (χ0n) is 9.51. The molecular formula is C10H16N4OS. The second-order valence-corrected chi connectivity index (χ2v) is 4.07. The molecule has 0 aliphatic heterocycles. The van der Waals surface area contributed by atoms with Crippen molar-refractivity contribution in [3.8, 4) is 0 Å². The first-order chi connectivity index (χ1) is 7.69. The van der Waals surface area contributed by atoms with Gasteiger partial charge in [0.2, 0.25) is 5.91 Å². The molecule has 1 aromatic heterocycles. The highest BCUT2D eigenvalue weighted by atomic mass is 32.2. The maximum Gasteiger partial charge on any atom is 0.232 e. The normalized spacial score (nSPS) is 10.1. The summed E-state index contributed by atoms with van der Waals surface area (Å²) < 4.78 is 0. The maximum atomic E-state index is 11.7. The second-order valence-electron chi connectivity index (χ2n) is 3.10. The van der Waals surface area contributed by atoms with Crippen LogP contribution < -0.4 is 5.73 Å². The lowest BCUT2D eigenvalue weighted by Crippen LogP contribution is -2.31. The fraction of sp³-hybridized carbons (Fsp3) is 0.500. The van der Waals surface area contributed by atoms with Gasteiger partial charge in [-0.15, -0.1) is 0 Å². The molecule has 0 aliphatic carbocycles. The van der Waals surface area contributed by atoms with E-state index in [1.807, 2.05) is 13.8 Å². The Labute approximate surface area is 99.4 Å². The topological polar surface area (TPSA) is 72.1 Å². The van der Waals surface area contributed by atoms with E-state index in [9.17, 15) is 4.79 Å². The fourth-order valence-electron chi connectivity index (χ4n) is 1.24. The lowest BCUT2D eigenvalue weighted by molar-refractivity contribution is -0.127. The monoisotopic (exact) mass is 240 g/mol. The van der Waals surface area contributed by atoms with Crippen LogP contribution in [0.15, 0.2) is 17.4 Å². The van der Waals surface area contributed by atoms with Crippen LogP contribution in [0.25, 0.3) is 0 Å². The van der Waals surface area contributed by atoms with Crippen LogP contribution in [0.1, 0.15) is 13.8 Å². The van der Waals surface area contributed by atoms with Crippen LogP contribution in [0.3, 0.4) is 0 Å². The fourth-order valence-corrected chi connectivity index (χ4v) is 2.02. The largest absolute Gasteiger partial charge is 0.381 e. The number of amides is 1. The van der Waals surface area contributed by atoms with Crippen molar-refractivity contribution in [1.82, 2.24) is 14.9 Å². The summed E-state index contributed by atoms with van der Waals surface area (Å²) in [6.07, 6.45) is 3.10. The summed E-state index contributed by atoms with van der Waals surface area (Å²) in [5.74, 6) is 0.824. The van der Waals surface area contributed by atoms with E-state index >= 15 is 0 Å². The zero-order valence-corrected chi connectivity index (χ0v) is 10.3. The molecule has 0 spiro atoms. The standard InChI is InChI=1S/C10H16N4OS/c1-3-14(4-2)8(15)7-16-10-9(11)12-5-6-13-10/h5-6H,3-4,7H2,1-2H3,(H2,11,12). The average molecular weight is 240 g/mol. The summed E-state index contributed by atoms with van der Waals surface area (Å²) in [5, 5.41) is 0.614. The number of nitrogen functional groups attached to an aromatic ring is 1. The molecule has 0 unspecified atom stereocenters. The van der Waals surface area contributed by atoms with E-state index < -0.39 is 0 Å². The van der Waals surface area contributed by atoms with Gasteiger partial charge in [-0.1, -0.05) is 11.8 Å². The van der Waals surface area contributed by atoms with E-state index in [0.29, 0.717) is 16.6 Å². The number of anilines is 1. The molecule has 0 atom stereocenters. The molecule has 1 amide bonds. The summed E-state index contributed by atoms with van der Waals surface area (Å²) in [5.41, 5.74) is 5.63. The summed E-state index contributed by atoms with van der Waals surface area (Å²) >= 11 is 1.32. The zero-order chi connectivity index (χ0) is 12.0. The van der Waals surface area contributed by atoms with Gasteiger partial charge in [0.15, 0.2) is 5.82 Å². The number of nitrogens with zero attached hydrogens (tertiary/aromatic N) is 3. The number of thioether (sulfide) groups is 1. The molecule has 2 N–H and O–H groups in total. The molecule has 0 radical (unpaired) electrons. The minimum Gasteiger partial charge on any atom is -0.381 e. The smallest absolute Gasteiger partial charge is 0.232 e. The van der Waals surface area contributed by atoms with Crippen LogP contribution in [-0.4, -0.2) is 39.6 Å². The first-order valence-electron chi connectivity index (χ1n) is 5.16. The van der Waals surface area contributed by atoms with Crippen LogP contribution in [0, 0.1) is 0 Å². The van der Waals surface area contributed by atoms with Gasteiger partial charge in [0.25, 0.3) is 0 Å². The maximum absolute atomic E-state index is 11.7. The highest BCUT2D eigenvalue weighted by Gasteiger charge is 2.11. The van der Waals surface area contributed by atoms with Gasteiger partial charge in [-0.2, -0.15) is 0 Å². The third-order valence-electron chi connectivity index (χ3n) is 2.14. The van der Waals surface area contributed by atoms with Gasteiger partial charge < -0.3 is 10.6 Å². The predicted octanol–water partition coefficient (Wildman–Crippen LogP) is 1.02. The minimum atomic E-state index is 0.0973. The van der Waals surface area contributed by atoms with Crippen LogP contribution >= 0.6 is 11.8 Å². The number of carbonyl (C=O) groups excluding carboxylic acids is 1. The van der Waals surface area contributed by atoms with E-state index in [2.05, 4.69) is 9.97 Å². The Hall–Kier alpha value is -1.30. The number of hydrogen-bond acceptors (Lipinski definition) is 5. The van der Waals surface area contributed by atoms with Gasteiger partial charge in [-0.25, -0.2) is 9.97 Å². The van der Waals surface area contributed by atoms with Crippen LogP contribution in [-0.2, 0) is 4.79 Å². The van der Waals surface area contributed by atoms with Gasteiger partial charge in [-0.3, -0.25) is 4.79 Å². The van der Waals surface area contributed by atoms with E-state index in [1.54, 1.807) is 11.1 Å². The average Bonchev–Trinajstić information content (AvgIpc) is 2.29.